The molecule has 0 radical (unpaired) electrons. The van der Waals surface area contributed by atoms with Gasteiger partial charge >= 0.3 is 0 Å². The highest BCUT2D eigenvalue weighted by atomic mass is 16.7. The Morgan fingerprint density at radius 2 is 1.00 bits per heavy atom. The Morgan fingerprint density at radius 1 is 0.519 bits per heavy atom. The maximum Gasteiger partial charge on any atom is 0.186 e. The molecule has 11 nitrogen and oxygen atoms in total. The van der Waals surface area contributed by atoms with E-state index in [1.807, 2.05) is 0 Å². The molecule has 0 spiro atoms. The lowest BCUT2D eigenvalue weighted by Gasteiger charge is -2.46. The lowest BCUT2D eigenvalue weighted by Crippen LogP contribution is -2.63. The second-order valence-electron chi connectivity index (χ2n) is 14.0. The summed E-state index contributed by atoms with van der Waals surface area (Å²) in [7, 11) is 1.59. The van der Waals surface area contributed by atoms with Gasteiger partial charge in [0.15, 0.2) is 12.6 Å². The van der Waals surface area contributed by atoms with Crippen molar-refractivity contribution < 1.29 is 52.5 Å². The third kappa shape index (κ3) is 20.5. The number of aliphatic hydroxyl groups is 1. The van der Waals surface area contributed by atoms with Crippen LogP contribution < -0.4 is 0 Å². The first-order chi connectivity index (χ1) is 25.5. The molecule has 312 valence electrons. The van der Waals surface area contributed by atoms with Crippen LogP contribution in [-0.4, -0.2) is 127 Å². The summed E-state index contributed by atoms with van der Waals surface area (Å²) in [5.74, 6) is 0. The van der Waals surface area contributed by atoms with E-state index in [0.717, 1.165) is 89.9 Å². The molecule has 0 amide bonds. The first kappa shape index (κ1) is 49.6. The van der Waals surface area contributed by atoms with E-state index in [-0.39, 0.29) is 6.10 Å². The zero-order valence-electron chi connectivity index (χ0n) is 34.7. The number of hydrogen-bond donors (Lipinski definition) is 1. The van der Waals surface area contributed by atoms with Crippen LogP contribution in [0.25, 0.3) is 0 Å². The van der Waals surface area contributed by atoms with Crippen LogP contribution in [0.15, 0.2) is 0 Å². The molecule has 1 saturated heterocycles. The molecule has 1 rings (SSSR count). The standard InChI is InChI=1S/C41H82O11/c1-9-16-24-44-31-23-33(46-26-18-11-3)35(47-27-19-12-4)38(50-30-22-15-7)40(42)52-39-37(49-29-21-14-6)36(48-28-20-13-5)34(51-41(39)43-8)32-45-25-17-10-2/h33-42H,9-32H2,1-8H3/t33-,34?,35+,36-,37+,38?,39?,40-,41-/m1/s1. The summed E-state index contributed by atoms with van der Waals surface area (Å²) in [6.45, 7) is 19.8. The average Bonchev–Trinajstić information content (AvgIpc) is 3.15. The monoisotopic (exact) mass is 751 g/mol. The maximum absolute atomic E-state index is 12.2. The van der Waals surface area contributed by atoms with Crippen LogP contribution in [0.1, 0.15) is 145 Å². The Morgan fingerprint density at radius 3 is 1.56 bits per heavy atom. The zero-order chi connectivity index (χ0) is 38.2. The fourth-order valence-electron chi connectivity index (χ4n) is 5.90. The molecule has 1 heterocycles. The van der Waals surface area contributed by atoms with Gasteiger partial charge in [-0.1, -0.05) is 93.4 Å². The van der Waals surface area contributed by atoms with Gasteiger partial charge in [0, 0.05) is 60.0 Å². The van der Waals surface area contributed by atoms with Gasteiger partial charge in [-0.15, -0.1) is 0 Å². The van der Waals surface area contributed by atoms with E-state index < -0.39 is 49.2 Å². The molecule has 0 aromatic heterocycles. The normalized spacial score (nSPS) is 23.1. The summed E-state index contributed by atoms with van der Waals surface area (Å²) in [5, 5.41) is 12.2. The van der Waals surface area contributed by atoms with Crippen molar-refractivity contribution in [2.75, 3.05) is 66.6 Å². The Balaban J connectivity index is 3.53. The Kier molecular flexibility index (Phi) is 32.3. The molecule has 1 aliphatic heterocycles. The predicted molar refractivity (Wildman–Crippen MR) is 206 cm³/mol. The number of ether oxygens (including phenoxy) is 10. The van der Waals surface area contributed by atoms with Gasteiger partial charge in [0.1, 0.15) is 36.6 Å². The van der Waals surface area contributed by atoms with Gasteiger partial charge in [-0.25, -0.2) is 0 Å². The summed E-state index contributed by atoms with van der Waals surface area (Å²) in [5.41, 5.74) is 0. The summed E-state index contributed by atoms with van der Waals surface area (Å²) < 4.78 is 63.9. The Labute approximate surface area is 318 Å². The van der Waals surface area contributed by atoms with Crippen molar-refractivity contribution in [1.29, 1.82) is 0 Å². The van der Waals surface area contributed by atoms with Crippen molar-refractivity contribution in [3.05, 3.63) is 0 Å². The molecule has 0 aromatic rings. The Bertz CT molecular complexity index is 762. The van der Waals surface area contributed by atoms with Crippen LogP contribution in [0.4, 0.5) is 0 Å². The van der Waals surface area contributed by atoms with Gasteiger partial charge in [-0.05, 0) is 51.4 Å². The van der Waals surface area contributed by atoms with E-state index in [4.69, 9.17) is 47.4 Å². The molecule has 1 fully saturated rings. The number of hydrogen-bond acceptors (Lipinski definition) is 11. The predicted octanol–water partition coefficient (Wildman–Crippen LogP) is 8.01. The summed E-state index contributed by atoms with van der Waals surface area (Å²) in [6, 6.07) is 0. The smallest absolute Gasteiger partial charge is 0.186 e. The minimum atomic E-state index is -1.40. The van der Waals surface area contributed by atoms with Gasteiger partial charge < -0.3 is 52.5 Å². The minimum Gasteiger partial charge on any atom is -0.381 e. The van der Waals surface area contributed by atoms with Crippen LogP contribution in [0, 0.1) is 0 Å². The first-order valence-electron chi connectivity index (χ1n) is 21.2. The zero-order valence-corrected chi connectivity index (χ0v) is 34.7. The number of unbranched alkanes of at least 4 members (excludes halogenated alkanes) is 7. The maximum atomic E-state index is 12.2. The molecule has 3 unspecified atom stereocenters. The molecule has 9 atom stereocenters. The fraction of sp³-hybridized carbons (Fsp3) is 1.00. The van der Waals surface area contributed by atoms with Crippen molar-refractivity contribution in [2.45, 2.75) is 200 Å². The molecule has 11 heteroatoms. The summed E-state index contributed by atoms with van der Waals surface area (Å²) in [4.78, 5) is 0. The van der Waals surface area contributed by atoms with Crippen LogP contribution in [0.3, 0.4) is 0 Å². The molecular formula is C41H82O11. The summed E-state index contributed by atoms with van der Waals surface area (Å²) in [6.07, 6.45) is 7.57. The minimum absolute atomic E-state index is 0.340. The van der Waals surface area contributed by atoms with E-state index in [9.17, 15) is 5.11 Å². The van der Waals surface area contributed by atoms with Crippen LogP contribution in [0.2, 0.25) is 0 Å². The topological polar surface area (TPSA) is 113 Å². The van der Waals surface area contributed by atoms with Gasteiger partial charge in [-0.3, -0.25) is 0 Å². The molecule has 0 aromatic carbocycles. The van der Waals surface area contributed by atoms with Crippen molar-refractivity contribution in [2.24, 2.45) is 0 Å². The molecule has 0 bridgehead atoms. The van der Waals surface area contributed by atoms with Crippen molar-refractivity contribution in [3.8, 4) is 0 Å². The highest BCUT2D eigenvalue weighted by Gasteiger charge is 2.51. The second kappa shape index (κ2) is 33.9. The quantitative estimate of drug-likeness (QED) is 0.0492. The molecule has 52 heavy (non-hydrogen) atoms. The number of aliphatic hydroxyl groups excluding tert-OH is 1. The summed E-state index contributed by atoms with van der Waals surface area (Å²) >= 11 is 0. The van der Waals surface area contributed by atoms with E-state index in [2.05, 4.69) is 48.5 Å². The van der Waals surface area contributed by atoms with Crippen molar-refractivity contribution >= 4 is 0 Å². The molecule has 0 saturated carbocycles. The van der Waals surface area contributed by atoms with Crippen molar-refractivity contribution in [1.82, 2.24) is 0 Å². The van der Waals surface area contributed by atoms with E-state index >= 15 is 0 Å². The SMILES string of the molecule is CCCCOCC[C@@H](OCCCC)[C@H](OCCCC)C(OCCCC)[C@H](O)OC1[C@H](OC)OC(COCCCC)[C@@H](OCCCC)[C@@H]1OCCCC. The van der Waals surface area contributed by atoms with Crippen LogP contribution in [-0.2, 0) is 47.4 Å². The Hall–Kier alpha value is -0.440. The van der Waals surface area contributed by atoms with Crippen LogP contribution >= 0.6 is 0 Å². The van der Waals surface area contributed by atoms with E-state index in [0.29, 0.717) is 65.9 Å². The highest BCUT2D eigenvalue weighted by Crippen LogP contribution is 2.32. The van der Waals surface area contributed by atoms with Gasteiger partial charge in [0.05, 0.1) is 12.7 Å². The van der Waals surface area contributed by atoms with E-state index in [1.165, 1.54) is 0 Å². The third-order valence-corrected chi connectivity index (χ3v) is 9.27. The van der Waals surface area contributed by atoms with Gasteiger partial charge in [0.2, 0.25) is 0 Å². The second-order valence-corrected chi connectivity index (χ2v) is 14.0. The first-order valence-corrected chi connectivity index (χ1v) is 21.2. The largest absolute Gasteiger partial charge is 0.381 e. The molecule has 0 aliphatic carbocycles. The molecular weight excluding hydrogens is 668 g/mol. The van der Waals surface area contributed by atoms with Gasteiger partial charge in [0.25, 0.3) is 0 Å². The van der Waals surface area contributed by atoms with Gasteiger partial charge in [-0.2, -0.15) is 0 Å². The molecule has 1 aliphatic rings. The highest BCUT2D eigenvalue weighted by molar-refractivity contribution is 4.94. The number of methoxy groups -OCH3 is 1. The van der Waals surface area contributed by atoms with Crippen molar-refractivity contribution in [3.63, 3.8) is 0 Å². The number of rotatable bonds is 37. The van der Waals surface area contributed by atoms with E-state index in [1.54, 1.807) is 7.11 Å². The van der Waals surface area contributed by atoms with Crippen LogP contribution in [0.5, 0.6) is 0 Å². The average molecular weight is 751 g/mol. The fourth-order valence-corrected chi connectivity index (χ4v) is 5.90. The lowest BCUT2D eigenvalue weighted by molar-refractivity contribution is -0.350. The lowest BCUT2D eigenvalue weighted by atomic mass is 9.97. The third-order valence-electron chi connectivity index (χ3n) is 9.27. The molecule has 1 N–H and O–H groups in total.